The molecule has 1 amide bonds. The van der Waals surface area contributed by atoms with Crippen molar-refractivity contribution >= 4 is 17.3 Å². The molecule has 3 heterocycles. The maximum absolute atomic E-state index is 13.4. The molecule has 0 saturated heterocycles. The van der Waals surface area contributed by atoms with E-state index in [1.165, 1.54) is 0 Å². The van der Waals surface area contributed by atoms with Gasteiger partial charge in [0.2, 0.25) is 0 Å². The number of rotatable bonds is 7. The van der Waals surface area contributed by atoms with Crippen LogP contribution in [0.4, 0.5) is 11.4 Å². The van der Waals surface area contributed by atoms with Crippen molar-refractivity contribution in [3.63, 3.8) is 0 Å². The summed E-state index contributed by atoms with van der Waals surface area (Å²) in [7, 11) is 3.84. The van der Waals surface area contributed by atoms with E-state index in [-0.39, 0.29) is 16.7 Å². The lowest BCUT2D eigenvalue weighted by atomic mass is 9.57. The smallest absolute Gasteiger partial charge is 0.274 e. The maximum Gasteiger partial charge on any atom is 0.274 e. The first-order valence-corrected chi connectivity index (χ1v) is 12.3. The van der Waals surface area contributed by atoms with Crippen LogP contribution < -0.4 is 16.0 Å². The Kier molecular flexibility index (Phi) is 6.00. The van der Waals surface area contributed by atoms with Crippen molar-refractivity contribution in [2.75, 3.05) is 24.2 Å². The number of aromatic nitrogens is 4. The molecule has 1 aliphatic heterocycles. The number of nitrogens with one attached hydrogen (secondary N) is 3. The lowest BCUT2D eigenvalue weighted by Gasteiger charge is -2.46. The second-order valence-electron chi connectivity index (χ2n) is 10.7. The Balaban J connectivity index is 1.45. The van der Waals surface area contributed by atoms with Crippen LogP contribution >= 0.6 is 0 Å². The normalized spacial score (nSPS) is 21.7. The first-order valence-electron chi connectivity index (χ1n) is 12.3. The van der Waals surface area contributed by atoms with Gasteiger partial charge in [-0.15, -0.1) is 10.2 Å². The average molecular weight is 485 g/mol. The minimum atomic E-state index is -0.324. The summed E-state index contributed by atoms with van der Waals surface area (Å²) < 4.78 is 1.95. The van der Waals surface area contributed by atoms with Crippen LogP contribution in [0.1, 0.15) is 66.2 Å². The molecule has 1 aliphatic carbocycles. The Morgan fingerprint density at radius 3 is 2.81 bits per heavy atom. The van der Waals surface area contributed by atoms with E-state index < -0.39 is 0 Å². The standard InChI is InChI=1S/C27H32N8O/c1-26(2)15-30-22-18(14-29-3)10-21(33-23(22)26)24(36)32-20-7-5-6-19(11-20)27(12-17(13-27)8-9-28)25-34-31-16-35(25)4/h5-7,10-11,16-17,29-30H,8,12-15H2,1-4H3,(H,32,36). The van der Waals surface area contributed by atoms with Gasteiger partial charge in [0.15, 0.2) is 0 Å². The predicted octanol–water partition coefficient (Wildman–Crippen LogP) is 3.49. The van der Waals surface area contributed by atoms with Gasteiger partial charge in [-0.3, -0.25) is 4.79 Å². The SMILES string of the molecule is CNCc1cc(C(=O)Nc2cccc(C3(c4nncn4C)CC(CC#N)C3)c2)nc2c1NCC2(C)C. The van der Waals surface area contributed by atoms with Gasteiger partial charge in [-0.05, 0) is 55.1 Å². The van der Waals surface area contributed by atoms with E-state index in [1.807, 2.05) is 42.9 Å². The molecule has 0 radical (unpaired) electrons. The zero-order valence-corrected chi connectivity index (χ0v) is 21.2. The molecule has 0 unspecified atom stereocenters. The van der Waals surface area contributed by atoms with E-state index in [9.17, 15) is 10.1 Å². The highest BCUT2D eigenvalue weighted by Crippen LogP contribution is 2.53. The lowest BCUT2D eigenvalue weighted by molar-refractivity contribution is 0.102. The van der Waals surface area contributed by atoms with Crippen molar-refractivity contribution in [3.05, 3.63) is 65.0 Å². The number of hydrogen-bond acceptors (Lipinski definition) is 7. The number of hydrogen-bond donors (Lipinski definition) is 3. The molecule has 1 fully saturated rings. The fourth-order valence-electron chi connectivity index (χ4n) is 5.68. The molecule has 0 bridgehead atoms. The van der Waals surface area contributed by atoms with Crippen LogP contribution in [0.2, 0.25) is 0 Å². The summed E-state index contributed by atoms with van der Waals surface area (Å²) in [5.41, 5.74) is 4.68. The van der Waals surface area contributed by atoms with Crippen molar-refractivity contribution in [3.8, 4) is 6.07 Å². The molecule has 1 saturated carbocycles. The molecule has 2 aromatic heterocycles. The van der Waals surface area contributed by atoms with E-state index in [0.717, 1.165) is 47.7 Å². The third-order valence-electron chi connectivity index (χ3n) is 7.52. The first-order chi connectivity index (χ1) is 17.3. The van der Waals surface area contributed by atoms with Crippen LogP contribution in [-0.2, 0) is 24.4 Å². The van der Waals surface area contributed by atoms with Gasteiger partial charge in [-0.1, -0.05) is 26.0 Å². The number of aryl methyl sites for hydroxylation is 1. The molecular weight excluding hydrogens is 452 g/mol. The van der Waals surface area contributed by atoms with Gasteiger partial charge in [0.05, 0.1) is 22.9 Å². The lowest BCUT2D eigenvalue weighted by Crippen LogP contribution is -2.44. The zero-order chi connectivity index (χ0) is 25.5. The highest BCUT2D eigenvalue weighted by atomic mass is 16.1. The minimum absolute atomic E-state index is 0.152. The molecule has 0 spiro atoms. The summed E-state index contributed by atoms with van der Waals surface area (Å²) in [6, 6.07) is 12.1. The van der Waals surface area contributed by atoms with Gasteiger partial charge in [0.1, 0.15) is 17.8 Å². The van der Waals surface area contributed by atoms with E-state index >= 15 is 0 Å². The number of nitriles is 1. The van der Waals surface area contributed by atoms with Crippen molar-refractivity contribution in [2.24, 2.45) is 13.0 Å². The van der Waals surface area contributed by atoms with Crippen LogP contribution in [0.25, 0.3) is 0 Å². The number of amides is 1. The third kappa shape index (κ3) is 4.01. The van der Waals surface area contributed by atoms with Gasteiger partial charge in [0, 0.05) is 37.7 Å². The second-order valence-corrected chi connectivity index (χ2v) is 10.7. The monoisotopic (exact) mass is 484 g/mol. The van der Waals surface area contributed by atoms with Crippen LogP contribution in [0, 0.1) is 17.2 Å². The summed E-state index contributed by atoms with van der Waals surface area (Å²) in [6.07, 6.45) is 3.89. The number of nitrogens with zero attached hydrogens (tertiary/aromatic N) is 5. The molecule has 36 heavy (non-hydrogen) atoms. The Labute approximate surface area is 211 Å². The molecule has 186 valence electrons. The predicted molar refractivity (Wildman–Crippen MR) is 138 cm³/mol. The van der Waals surface area contributed by atoms with Crippen molar-refractivity contribution in [1.82, 2.24) is 25.1 Å². The third-order valence-corrected chi connectivity index (χ3v) is 7.52. The number of pyridine rings is 1. The van der Waals surface area contributed by atoms with Gasteiger partial charge in [0.25, 0.3) is 5.91 Å². The van der Waals surface area contributed by atoms with E-state index in [4.69, 9.17) is 4.98 Å². The molecule has 3 aromatic rings. The fourth-order valence-corrected chi connectivity index (χ4v) is 5.68. The summed E-state index contributed by atoms with van der Waals surface area (Å²) in [6.45, 7) is 5.71. The molecule has 1 aromatic carbocycles. The van der Waals surface area contributed by atoms with E-state index in [2.05, 4.69) is 52.1 Å². The molecule has 2 aliphatic rings. The summed E-state index contributed by atoms with van der Waals surface area (Å²) in [5.74, 6) is 0.966. The first kappa shape index (κ1) is 23.9. The molecule has 0 atom stereocenters. The van der Waals surface area contributed by atoms with E-state index in [1.54, 1.807) is 6.33 Å². The molecule has 9 heteroatoms. The molecular formula is C27H32N8O. The Hall–Kier alpha value is -3.77. The summed E-state index contributed by atoms with van der Waals surface area (Å²) >= 11 is 0. The highest BCUT2D eigenvalue weighted by molar-refractivity contribution is 6.03. The van der Waals surface area contributed by atoms with Crippen molar-refractivity contribution in [2.45, 2.75) is 50.5 Å². The highest BCUT2D eigenvalue weighted by Gasteiger charge is 2.49. The fraction of sp³-hybridized carbons (Fsp3) is 0.444. The van der Waals surface area contributed by atoms with Gasteiger partial charge < -0.3 is 20.5 Å². The number of carbonyl (C=O) groups excluding carboxylic acids is 1. The van der Waals surface area contributed by atoms with Crippen LogP contribution in [0.15, 0.2) is 36.7 Å². The molecule has 5 rings (SSSR count). The topological polar surface area (TPSA) is 121 Å². The van der Waals surface area contributed by atoms with Crippen LogP contribution in [-0.4, -0.2) is 39.2 Å². The quantitative estimate of drug-likeness (QED) is 0.469. The minimum Gasteiger partial charge on any atom is -0.382 e. The molecule has 9 nitrogen and oxygen atoms in total. The number of anilines is 2. The van der Waals surface area contributed by atoms with Gasteiger partial charge in [-0.2, -0.15) is 5.26 Å². The van der Waals surface area contributed by atoms with Gasteiger partial charge >= 0.3 is 0 Å². The van der Waals surface area contributed by atoms with E-state index in [0.29, 0.717) is 30.3 Å². The zero-order valence-electron chi connectivity index (χ0n) is 21.2. The van der Waals surface area contributed by atoms with Crippen molar-refractivity contribution < 1.29 is 4.79 Å². The van der Waals surface area contributed by atoms with Crippen LogP contribution in [0.5, 0.6) is 0 Å². The maximum atomic E-state index is 13.4. The average Bonchev–Trinajstić information content (AvgIpc) is 3.39. The number of benzene rings is 1. The van der Waals surface area contributed by atoms with Crippen LogP contribution in [0.3, 0.4) is 0 Å². The summed E-state index contributed by atoms with van der Waals surface area (Å²) in [5, 5.41) is 27.4. The molecule has 3 N–H and O–H groups in total. The number of carbonyl (C=O) groups is 1. The Morgan fingerprint density at radius 1 is 1.31 bits per heavy atom. The summed E-state index contributed by atoms with van der Waals surface area (Å²) in [4.78, 5) is 18.1. The largest absolute Gasteiger partial charge is 0.382 e. The van der Waals surface area contributed by atoms with Gasteiger partial charge in [-0.25, -0.2) is 4.98 Å². The number of fused-ring (bicyclic) bond motifs is 1. The van der Waals surface area contributed by atoms with Crippen molar-refractivity contribution in [1.29, 1.82) is 5.26 Å². The Morgan fingerprint density at radius 2 is 2.11 bits per heavy atom. The Bertz CT molecular complexity index is 1350. The second kappa shape index (κ2) is 9.03.